The summed E-state index contributed by atoms with van der Waals surface area (Å²) < 4.78 is 0. The van der Waals surface area contributed by atoms with E-state index in [-0.39, 0.29) is 0 Å². The number of anilines is 1. The van der Waals surface area contributed by atoms with Crippen molar-refractivity contribution >= 4 is 11.6 Å². The average Bonchev–Trinajstić information content (AvgIpc) is 3.46. The largest absolute Gasteiger partial charge is 0.371 e. The summed E-state index contributed by atoms with van der Waals surface area (Å²) in [6.07, 6.45) is 4.69. The lowest BCUT2D eigenvalue weighted by Gasteiger charge is -2.34. The highest BCUT2D eigenvalue weighted by Crippen LogP contribution is 2.33. The highest BCUT2D eigenvalue weighted by Gasteiger charge is 2.37. The summed E-state index contributed by atoms with van der Waals surface area (Å²) in [7, 11) is 1.88. The number of piperidine rings is 1. The Hall–Kier alpha value is -2.49. The average molecular weight is 363 g/mol. The Balaban J connectivity index is 1.21. The van der Waals surface area contributed by atoms with Crippen molar-refractivity contribution in [2.75, 3.05) is 25.0 Å². The summed E-state index contributed by atoms with van der Waals surface area (Å²) in [5, 5.41) is 7.27. The lowest BCUT2D eigenvalue weighted by Crippen LogP contribution is -2.49. The van der Waals surface area contributed by atoms with Crippen LogP contribution in [0.2, 0.25) is 0 Å². The molecule has 2 aliphatic rings. The summed E-state index contributed by atoms with van der Waals surface area (Å²) in [5.74, 6) is 1.69. The topological polar surface area (TPSA) is 39.7 Å². The molecule has 1 saturated carbocycles. The normalized spacial score (nSPS) is 23.1. The Morgan fingerprint density at radius 3 is 2.30 bits per heavy atom. The molecule has 0 aromatic heterocycles. The van der Waals surface area contributed by atoms with Gasteiger partial charge in [0.25, 0.3) is 0 Å². The maximum absolute atomic E-state index is 4.46. The molecule has 2 aromatic carbocycles. The highest BCUT2D eigenvalue weighted by atomic mass is 15.2. The second-order valence-corrected chi connectivity index (χ2v) is 7.75. The fourth-order valence-corrected chi connectivity index (χ4v) is 4.03. The van der Waals surface area contributed by atoms with Gasteiger partial charge in [0.2, 0.25) is 0 Å². The van der Waals surface area contributed by atoms with E-state index in [1.54, 1.807) is 0 Å². The van der Waals surface area contributed by atoms with E-state index in [0.717, 1.165) is 44.2 Å². The van der Waals surface area contributed by atoms with Gasteiger partial charge in [0.1, 0.15) is 0 Å². The predicted octanol–water partition coefficient (Wildman–Crippen LogP) is 3.45. The van der Waals surface area contributed by atoms with Crippen LogP contribution in [0.25, 0.3) is 0 Å². The zero-order valence-corrected chi connectivity index (χ0v) is 16.1. The van der Waals surface area contributed by atoms with Gasteiger partial charge < -0.3 is 15.5 Å². The Labute approximate surface area is 162 Å². The standard InChI is InChI=1S/C23H30N4/c1-24-23(26-22-17-19(22)16-18-8-4-2-5-9-18)25-20-12-14-27(15-13-20)21-10-6-3-7-11-21/h2-11,19-20,22H,12-17H2,1H3,(H2,24,25,26). The molecule has 1 aliphatic carbocycles. The fraction of sp³-hybridized carbons (Fsp3) is 0.435. The van der Waals surface area contributed by atoms with Crippen LogP contribution in [-0.2, 0) is 6.42 Å². The van der Waals surface area contributed by atoms with Gasteiger partial charge in [-0.05, 0) is 49.3 Å². The van der Waals surface area contributed by atoms with Crippen LogP contribution in [-0.4, -0.2) is 38.2 Å². The van der Waals surface area contributed by atoms with E-state index >= 15 is 0 Å². The van der Waals surface area contributed by atoms with E-state index in [4.69, 9.17) is 0 Å². The van der Waals surface area contributed by atoms with Crippen molar-refractivity contribution in [3.8, 4) is 0 Å². The molecular weight excluding hydrogens is 332 g/mol. The van der Waals surface area contributed by atoms with E-state index < -0.39 is 0 Å². The predicted molar refractivity (Wildman–Crippen MR) is 113 cm³/mol. The molecular formula is C23H30N4. The molecule has 4 nitrogen and oxygen atoms in total. The molecule has 2 atom stereocenters. The van der Waals surface area contributed by atoms with E-state index in [2.05, 4.69) is 81.2 Å². The molecule has 0 bridgehead atoms. The zero-order chi connectivity index (χ0) is 18.5. The molecule has 2 N–H and O–H groups in total. The Morgan fingerprint density at radius 1 is 0.963 bits per heavy atom. The van der Waals surface area contributed by atoms with Crippen LogP contribution in [0.15, 0.2) is 65.7 Å². The highest BCUT2D eigenvalue weighted by molar-refractivity contribution is 5.80. The molecule has 1 heterocycles. The molecule has 27 heavy (non-hydrogen) atoms. The second kappa shape index (κ2) is 8.47. The lowest BCUT2D eigenvalue weighted by atomic mass is 10.0. The van der Waals surface area contributed by atoms with E-state index in [1.807, 2.05) is 7.05 Å². The molecule has 2 unspecified atom stereocenters. The minimum atomic E-state index is 0.502. The van der Waals surface area contributed by atoms with Crippen LogP contribution in [0.4, 0.5) is 5.69 Å². The molecule has 2 aromatic rings. The number of aliphatic imine (C=N–C) groups is 1. The van der Waals surface area contributed by atoms with Crippen LogP contribution < -0.4 is 15.5 Å². The van der Waals surface area contributed by atoms with Gasteiger partial charge in [0.15, 0.2) is 5.96 Å². The molecule has 142 valence electrons. The Kier molecular flexibility index (Phi) is 5.61. The summed E-state index contributed by atoms with van der Waals surface area (Å²) in [6, 6.07) is 22.6. The van der Waals surface area contributed by atoms with Gasteiger partial charge in [-0.2, -0.15) is 0 Å². The Bertz CT molecular complexity index is 735. The maximum Gasteiger partial charge on any atom is 0.191 e. The van der Waals surface area contributed by atoms with Crippen molar-refractivity contribution in [1.82, 2.24) is 10.6 Å². The number of benzene rings is 2. The summed E-state index contributed by atoms with van der Waals surface area (Å²) >= 11 is 0. The first-order valence-electron chi connectivity index (χ1n) is 10.2. The third-order valence-electron chi connectivity index (χ3n) is 5.77. The van der Waals surface area contributed by atoms with E-state index in [1.165, 1.54) is 17.7 Å². The third-order valence-corrected chi connectivity index (χ3v) is 5.77. The van der Waals surface area contributed by atoms with Gasteiger partial charge in [-0.1, -0.05) is 48.5 Å². The number of para-hydroxylation sites is 1. The van der Waals surface area contributed by atoms with Crippen molar-refractivity contribution < 1.29 is 0 Å². The summed E-state index contributed by atoms with van der Waals surface area (Å²) in [4.78, 5) is 6.94. The molecule has 2 fully saturated rings. The van der Waals surface area contributed by atoms with Gasteiger partial charge in [-0.25, -0.2) is 0 Å². The molecule has 1 aliphatic heterocycles. The van der Waals surface area contributed by atoms with E-state index in [0.29, 0.717) is 12.1 Å². The van der Waals surface area contributed by atoms with Gasteiger partial charge in [-0.3, -0.25) is 4.99 Å². The molecule has 0 spiro atoms. The Morgan fingerprint density at radius 2 is 1.63 bits per heavy atom. The van der Waals surface area contributed by atoms with Gasteiger partial charge >= 0.3 is 0 Å². The van der Waals surface area contributed by atoms with E-state index in [9.17, 15) is 0 Å². The second-order valence-electron chi connectivity index (χ2n) is 7.75. The van der Waals surface area contributed by atoms with Crippen LogP contribution in [0.3, 0.4) is 0 Å². The van der Waals surface area contributed by atoms with Crippen LogP contribution in [0, 0.1) is 5.92 Å². The van der Waals surface area contributed by atoms with Crippen molar-refractivity contribution in [3.05, 3.63) is 66.2 Å². The van der Waals surface area contributed by atoms with Crippen molar-refractivity contribution in [2.45, 2.75) is 37.8 Å². The van der Waals surface area contributed by atoms with Crippen LogP contribution >= 0.6 is 0 Å². The number of hydrogen-bond acceptors (Lipinski definition) is 2. The summed E-state index contributed by atoms with van der Waals surface area (Å²) in [5.41, 5.74) is 2.77. The van der Waals surface area contributed by atoms with Crippen LogP contribution in [0.5, 0.6) is 0 Å². The molecule has 0 amide bonds. The first-order chi connectivity index (χ1) is 13.3. The minimum Gasteiger partial charge on any atom is -0.371 e. The first kappa shape index (κ1) is 17.9. The molecule has 4 heteroatoms. The maximum atomic E-state index is 4.46. The fourth-order valence-electron chi connectivity index (χ4n) is 4.03. The smallest absolute Gasteiger partial charge is 0.191 e. The third kappa shape index (κ3) is 4.82. The minimum absolute atomic E-state index is 0.502. The van der Waals surface area contributed by atoms with Gasteiger partial charge in [-0.15, -0.1) is 0 Å². The molecule has 1 saturated heterocycles. The number of nitrogens with one attached hydrogen (secondary N) is 2. The number of nitrogens with zero attached hydrogens (tertiary/aromatic N) is 2. The zero-order valence-electron chi connectivity index (χ0n) is 16.1. The molecule has 4 rings (SSSR count). The number of guanidine groups is 1. The van der Waals surface area contributed by atoms with Crippen molar-refractivity contribution in [3.63, 3.8) is 0 Å². The van der Waals surface area contributed by atoms with Gasteiger partial charge in [0.05, 0.1) is 0 Å². The number of hydrogen-bond donors (Lipinski definition) is 2. The first-order valence-corrected chi connectivity index (χ1v) is 10.2. The lowest BCUT2D eigenvalue weighted by molar-refractivity contribution is 0.461. The quantitative estimate of drug-likeness (QED) is 0.632. The van der Waals surface area contributed by atoms with Gasteiger partial charge in [0, 0.05) is 37.9 Å². The summed E-state index contributed by atoms with van der Waals surface area (Å²) in [6.45, 7) is 2.19. The SMILES string of the molecule is CN=C(NC1CCN(c2ccccc2)CC1)NC1CC1Cc1ccccc1. The molecule has 0 radical (unpaired) electrons. The van der Waals surface area contributed by atoms with Crippen molar-refractivity contribution in [1.29, 1.82) is 0 Å². The number of rotatable bonds is 5. The van der Waals surface area contributed by atoms with Crippen LogP contribution in [0.1, 0.15) is 24.8 Å². The van der Waals surface area contributed by atoms with Crippen molar-refractivity contribution in [2.24, 2.45) is 10.9 Å². The monoisotopic (exact) mass is 362 g/mol.